The van der Waals surface area contributed by atoms with Gasteiger partial charge in [0, 0.05) is 5.56 Å². The smallest absolute Gasteiger partial charge is 0.194 e. The van der Waals surface area contributed by atoms with Gasteiger partial charge in [0.25, 0.3) is 0 Å². The van der Waals surface area contributed by atoms with Gasteiger partial charge in [-0.3, -0.25) is 0 Å². The second kappa shape index (κ2) is 5.50. The van der Waals surface area contributed by atoms with E-state index >= 15 is 0 Å². The van der Waals surface area contributed by atoms with Crippen molar-refractivity contribution < 1.29 is 22.3 Å². The molecule has 0 saturated carbocycles. The van der Waals surface area contributed by atoms with Crippen LogP contribution in [-0.2, 0) is 0 Å². The van der Waals surface area contributed by atoms with Crippen molar-refractivity contribution in [3.05, 3.63) is 64.7 Å². The first-order valence-electron chi connectivity index (χ1n) is 5.68. The van der Waals surface area contributed by atoms with Crippen molar-refractivity contribution in [3.63, 3.8) is 0 Å². The van der Waals surface area contributed by atoms with Crippen LogP contribution in [0.2, 0.25) is 0 Å². The van der Waals surface area contributed by atoms with E-state index in [4.69, 9.17) is 10.5 Å². The zero-order chi connectivity index (χ0) is 14.9. The molecular weight excluding hydrogens is 274 g/mol. The van der Waals surface area contributed by atoms with E-state index in [0.29, 0.717) is 0 Å². The van der Waals surface area contributed by atoms with Gasteiger partial charge in [0.05, 0.1) is 13.2 Å². The summed E-state index contributed by atoms with van der Waals surface area (Å²) in [5.41, 5.74) is 5.72. The average molecular weight is 285 g/mol. The van der Waals surface area contributed by atoms with E-state index in [1.54, 1.807) is 0 Å². The predicted molar refractivity (Wildman–Crippen MR) is 65.3 cm³/mol. The lowest BCUT2D eigenvalue weighted by Gasteiger charge is -2.15. The van der Waals surface area contributed by atoms with Crippen LogP contribution in [0.1, 0.15) is 17.2 Å². The van der Waals surface area contributed by atoms with Crippen molar-refractivity contribution in [1.82, 2.24) is 0 Å². The first kappa shape index (κ1) is 14.3. The topological polar surface area (TPSA) is 35.2 Å². The highest BCUT2D eigenvalue weighted by Gasteiger charge is 2.20. The number of methoxy groups -OCH3 is 1. The number of nitrogens with two attached hydrogens (primary N) is 1. The fourth-order valence-corrected chi connectivity index (χ4v) is 1.84. The molecule has 20 heavy (non-hydrogen) atoms. The summed E-state index contributed by atoms with van der Waals surface area (Å²) in [7, 11) is 1.30. The van der Waals surface area contributed by atoms with Crippen LogP contribution in [0.25, 0.3) is 0 Å². The Hall–Kier alpha value is -2.08. The lowest BCUT2D eigenvalue weighted by atomic mass is 9.98. The first-order valence-corrected chi connectivity index (χ1v) is 5.68. The Bertz CT molecular complexity index is 645. The molecule has 2 N–H and O–H groups in total. The molecule has 2 rings (SSSR count). The normalized spacial score (nSPS) is 12.3. The van der Waals surface area contributed by atoms with Gasteiger partial charge in [-0.1, -0.05) is 12.1 Å². The second-order valence-corrected chi connectivity index (χ2v) is 4.14. The van der Waals surface area contributed by atoms with Gasteiger partial charge in [-0.2, -0.15) is 0 Å². The summed E-state index contributed by atoms with van der Waals surface area (Å²) in [4.78, 5) is 0. The van der Waals surface area contributed by atoms with Crippen LogP contribution in [0.15, 0.2) is 30.3 Å². The number of halogens is 4. The third-order valence-electron chi connectivity index (χ3n) is 2.94. The fourth-order valence-electron chi connectivity index (χ4n) is 1.84. The number of hydrogen-bond acceptors (Lipinski definition) is 2. The van der Waals surface area contributed by atoms with Crippen LogP contribution in [0.3, 0.4) is 0 Å². The maximum absolute atomic E-state index is 13.6. The molecule has 2 aromatic carbocycles. The standard InChI is InChI=1S/C14H11F4NO/c1-20-11-5-2-7(6-10(11)16)14(19)8-3-4-9(15)13(18)12(8)17/h2-6,14H,19H2,1H3. The van der Waals surface area contributed by atoms with E-state index in [0.717, 1.165) is 18.2 Å². The molecule has 0 aliphatic rings. The summed E-state index contributed by atoms with van der Waals surface area (Å²) < 4.78 is 58.0. The minimum absolute atomic E-state index is 0.00621. The van der Waals surface area contributed by atoms with E-state index in [2.05, 4.69) is 0 Å². The highest BCUT2D eigenvalue weighted by Crippen LogP contribution is 2.27. The van der Waals surface area contributed by atoms with Gasteiger partial charge in [0.2, 0.25) is 0 Å². The van der Waals surface area contributed by atoms with Gasteiger partial charge in [-0.05, 0) is 23.8 Å². The molecular formula is C14H11F4NO. The third-order valence-corrected chi connectivity index (χ3v) is 2.94. The van der Waals surface area contributed by atoms with Crippen molar-refractivity contribution in [1.29, 1.82) is 0 Å². The molecule has 0 fully saturated rings. The van der Waals surface area contributed by atoms with Crippen LogP contribution < -0.4 is 10.5 Å². The fraction of sp³-hybridized carbons (Fsp3) is 0.143. The van der Waals surface area contributed by atoms with Crippen LogP contribution in [-0.4, -0.2) is 7.11 Å². The van der Waals surface area contributed by atoms with Crippen molar-refractivity contribution in [2.24, 2.45) is 5.73 Å². The first-order chi connectivity index (χ1) is 9.45. The Labute approximate surface area is 112 Å². The minimum Gasteiger partial charge on any atom is -0.494 e. The van der Waals surface area contributed by atoms with Crippen LogP contribution in [0, 0.1) is 23.3 Å². The molecule has 0 aromatic heterocycles. The largest absolute Gasteiger partial charge is 0.494 e. The van der Waals surface area contributed by atoms with Gasteiger partial charge in [0.1, 0.15) is 0 Å². The Kier molecular flexibility index (Phi) is 3.94. The zero-order valence-corrected chi connectivity index (χ0v) is 10.5. The molecule has 0 bridgehead atoms. The molecule has 0 aliphatic heterocycles. The van der Waals surface area contributed by atoms with Gasteiger partial charge in [-0.25, -0.2) is 17.6 Å². The predicted octanol–water partition coefficient (Wildman–Crippen LogP) is 3.30. The van der Waals surface area contributed by atoms with Crippen molar-refractivity contribution in [3.8, 4) is 5.75 Å². The molecule has 1 unspecified atom stereocenters. The van der Waals surface area contributed by atoms with Crippen LogP contribution in [0.4, 0.5) is 17.6 Å². The number of rotatable bonds is 3. The molecule has 2 nitrogen and oxygen atoms in total. The van der Waals surface area contributed by atoms with Crippen molar-refractivity contribution in [2.45, 2.75) is 6.04 Å². The minimum atomic E-state index is -1.60. The monoisotopic (exact) mass is 285 g/mol. The number of ether oxygens (including phenoxy) is 1. The maximum atomic E-state index is 13.6. The summed E-state index contributed by atoms with van der Waals surface area (Å²) in [5, 5.41) is 0. The van der Waals surface area contributed by atoms with E-state index in [-0.39, 0.29) is 16.9 Å². The highest BCUT2D eigenvalue weighted by atomic mass is 19.2. The summed E-state index contributed by atoms with van der Waals surface area (Å²) in [6, 6.07) is 4.49. The molecule has 0 saturated heterocycles. The number of hydrogen-bond donors (Lipinski definition) is 1. The quantitative estimate of drug-likeness (QED) is 0.693. The molecule has 0 heterocycles. The molecule has 2 aromatic rings. The molecule has 0 radical (unpaired) electrons. The van der Waals surface area contributed by atoms with Gasteiger partial charge < -0.3 is 10.5 Å². The van der Waals surface area contributed by atoms with Gasteiger partial charge >= 0.3 is 0 Å². The SMILES string of the molecule is COc1ccc(C(N)c2ccc(F)c(F)c2F)cc1F. The summed E-state index contributed by atoms with van der Waals surface area (Å²) in [5.74, 6) is -4.96. The van der Waals surface area contributed by atoms with Crippen molar-refractivity contribution >= 4 is 0 Å². The Morgan fingerprint density at radius 3 is 2.25 bits per heavy atom. The molecule has 106 valence electrons. The lowest BCUT2D eigenvalue weighted by Crippen LogP contribution is -2.15. The lowest BCUT2D eigenvalue weighted by molar-refractivity contribution is 0.386. The highest BCUT2D eigenvalue weighted by molar-refractivity contribution is 5.37. The van der Waals surface area contributed by atoms with Crippen LogP contribution >= 0.6 is 0 Å². The second-order valence-electron chi connectivity index (χ2n) is 4.14. The maximum Gasteiger partial charge on any atom is 0.194 e. The van der Waals surface area contributed by atoms with E-state index < -0.39 is 29.3 Å². The molecule has 0 aliphatic carbocycles. The molecule has 1 atom stereocenters. The molecule has 6 heteroatoms. The van der Waals surface area contributed by atoms with E-state index in [1.165, 1.54) is 19.2 Å². The van der Waals surface area contributed by atoms with Gasteiger partial charge in [0.15, 0.2) is 29.0 Å². The van der Waals surface area contributed by atoms with E-state index in [1.807, 2.05) is 0 Å². The van der Waals surface area contributed by atoms with Crippen molar-refractivity contribution in [2.75, 3.05) is 7.11 Å². The van der Waals surface area contributed by atoms with Crippen LogP contribution in [0.5, 0.6) is 5.75 Å². The molecule has 0 spiro atoms. The molecule has 0 amide bonds. The Balaban J connectivity index is 2.44. The van der Waals surface area contributed by atoms with Gasteiger partial charge in [-0.15, -0.1) is 0 Å². The Morgan fingerprint density at radius 2 is 1.65 bits per heavy atom. The van der Waals surface area contributed by atoms with E-state index in [9.17, 15) is 17.6 Å². The summed E-state index contributed by atoms with van der Waals surface area (Å²) >= 11 is 0. The summed E-state index contributed by atoms with van der Waals surface area (Å²) in [6.45, 7) is 0. The number of benzene rings is 2. The average Bonchev–Trinajstić information content (AvgIpc) is 2.44. The Morgan fingerprint density at radius 1 is 0.950 bits per heavy atom. The zero-order valence-electron chi connectivity index (χ0n) is 10.5. The summed E-state index contributed by atoms with van der Waals surface area (Å²) in [6.07, 6.45) is 0. The third kappa shape index (κ3) is 2.46.